The Balaban J connectivity index is 1.43. The molecule has 8 heteroatoms. The van der Waals surface area contributed by atoms with E-state index in [0.717, 1.165) is 63.1 Å². The smallest absolute Gasteiger partial charge is 0.143 e. The fraction of sp³-hybridized carbons (Fsp3) is 0.200. The first-order valence-corrected chi connectivity index (χ1v) is 12.2. The summed E-state index contributed by atoms with van der Waals surface area (Å²) in [6.45, 7) is 2.26. The molecule has 3 heterocycles. The summed E-state index contributed by atoms with van der Waals surface area (Å²) in [5.41, 5.74) is 6.58. The molecule has 0 amide bonds. The fourth-order valence-corrected chi connectivity index (χ4v) is 5.21. The number of aryl methyl sites for hydroxylation is 2. The van der Waals surface area contributed by atoms with Crippen molar-refractivity contribution < 1.29 is 4.84 Å². The second kappa shape index (κ2) is 9.59. The number of rotatable bonds is 5. The van der Waals surface area contributed by atoms with Crippen LogP contribution >= 0.6 is 34.5 Å². The summed E-state index contributed by atoms with van der Waals surface area (Å²) < 4.78 is 0. The number of nitrogens with zero attached hydrogens (tertiary/aromatic N) is 4. The number of pyridine rings is 2. The normalized spacial score (nSPS) is 14.3. The average molecular weight is 495 g/mol. The van der Waals surface area contributed by atoms with Gasteiger partial charge >= 0.3 is 0 Å². The van der Waals surface area contributed by atoms with Crippen LogP contribution in [0.2, 0.25) is 10.0 Å². The molecule has 3 aromatic heterocycles. The molecule has 0 N–H and O–H groups in total. The number of oxime groups is 1. The van der Waals surface area contributed by atoms with Crippen molar-refractivity contribution in [3.63, 3.8) is 0 Å². The van der Waals surface area contributed by atoms with Gasteiger partial charge in [0.25, 0.3) is 0 Å². The van der Waals surface area contributed by atoms with Gasteiger partial charge in [-0.3, -0.25) is 4.98 Å². The first-order valence-electron chi connectivity index (χ1n) is 10.6. The summed E-state index contributed by atoms with van der Waals surface area (Å²) in [4.78, 5) is 20.7. The molecule has 166 valence electrons. The quantitative estimate of drug-likeness (QED) is 0.276. The monoisotopic (exact) mass is 494 g/mol. The van der Waals surface area contributed by atoms with Crippen LogP contribution in [0.15, 0.2) is 60.0 Å². The number of hydrogen-bond acceptors (Lipinski definition) is 6. The van der Waals surface area contributed by atoms with Crippen molar-refractivity contribution in [2.24, 2.45) is 5.16 Å². The molecule has 1 aliphatic carbocycles. The zero-order valence-electron chi connectivity index (χ0n) is 17.9. The van der Waals surface area contributed by atoms with E-state index in [1.54, 1.807) is 23.6 Å². The summed E-state index contributed by atoms with van der Waals surface area (Å²) in [7, 11) is 0. The van der Waals surface area contributed by atoms with Gasteiger partial charge in [-0.2, -0.15) is 0 Å². The molecule has 0 unspecified atom stereocenters. The molecule has 5 nitrogen and oxygen atoms in total. The second-order valence-corrected chi connectivity index (χ2v) is 9.54. The van der Waals surface area contributed by atoms with Crippen LogP contribution in [0.1, 0.15) is 35.4 Å². The van der Waals surface area contributed by atoms with E-state index in [0.29, 0.717) is 10.0 Å². The standard InChI is InChI=1S/C25H20Cl2N4OS/c1-15-24(33-25(29-15)17-7-4-12-28-13-17)21-11-10-16-5-3-9-20(23(16)30-21)31-32-14-18-6-2-8-19(26)22(18)27/h2,4,6-8,10-13H,3,5,9,14H2,1H3. The Bertz CT molecular complexity index is 1340. The number of fused-ring (bicyclic) bond motifs is 1. The summed E-state index contributed by atoms with van der Waals surface area (Å²) >= 11 is 14.0. The van der Waals surface area contributed by atoms with Crippen LogP contribution in [-0.2, 0) is 17.9 Å². The fourth-order valence-electron chi connectivity index (χ4n) is 3.81. The highest BCUT2D eigenvalue weighted by Crippen LogP contribution is 2.35. The molecule has 0 bridgehead atoms. The van der Waals surface area contributed by atoms with E-state index in [1.165, 1.54) is 5.56 Å². The molecule has 33 heavy (non-hydrogen) atoms. The van der Waals surface area contributed by atoms with Gasteiger partial charge in [0.1, 0.15) is 17.3 Å². The Labute approximate surface area is 206 Å². The van der Waals surface area contributed by atoms with Crippen LogP contribution in [-0.4, -0.2) is 20.7 Å². The molecule has 0 atom stereocenters. The lowest BCUT2D eigenvalue weighted by Gasteiger charge is -2.17. The van der Waals surface area contributed by atoms with Crippen LogP contribution in [0.4, 0.5) is 0 Å². The minimum absolute atomic E-state index is 0.250. The number of benzene rings is 1. The summed E-state index contributed by atoms with van der Waals surface area (Å²) in [5.74, 6) is 0. The predicted molar refractivity (Wildman–Crippen MR) is 134 cm³/mol. The maximum absolute atomic E-state index is 6.26. The molecular weight excluding hydrogens is 475 g/mol. The van der Waals surface area contributed by atoms with Crippen molar-refractivity contribution in [1.29, 1.82) is 0 Å². The zero-order chi connectivity index (χ0) is 22.8. The van der Waals surface area contributed by atoms with Gasteiger partial charge in [0.15, 0.2) is 0 Å². The molecule has 1 aromatic carbocycles. The van der Waals surface area contributed by atoms with Gasteiger partial charge in [-0.1, -0.05) is 46.6 Å². The van der Waals surface area contributed by atoms with Crippen molar-refractivity contribution in [2.45, 2.75) is 32.8 Å². The molecule has 0 saturated carbocycles. The number of aromatic nitrogens is 3. The lowest BCUT2D eigenvalue weighted by atomic mass is 9.94. The van der Waals surface area contributed by atoms with Gasteiger partial charge in [0.2, 0.25) is 0 Å². The van der Waals surface area contributed by atoms with Crippen molar-refractivity contribution >= 4 is 40.3 Å². The Morgan fingerprint density at radius 1 is 1.06 bits per heavy atom. The molecule has 0 radical (unpaired) electrons. The zero-order valence-corrected chi connectivity index (χ0v) is 20.2. The van der Waals surface area contributed by atoms with Crippen LogP contribution < -0.4 is 0 Å². The van der Waals surface area contributed by atoms with Crippen molar-refractivity contribution in [3.8, 4) is 21.1 Å². The van der Waals surface area contributed by atoms with Gasteiger partial charge in [-0.15, -0.1) is 11.3 Å². The van der Waals surface area contributed by atoms with E-state index in [-0.39, 0.29) is 6.61 Å². The van der Waals surface area contributed by atoms with Gasteiger partial charge < -0.3 is 4.84 Å². The van der Waals surface area contributed by atoms with Crippen LogP contribution in [0.25, 0.3) is 21.1 Å². The topological polar surface area (TPSA) is 60.3 Å². The first kappa shape index (κ1) is 22.0. The Hall–Kier alpha value is -2.80. The van der Waals surface area contributed by atoms with Crippen LogP contribution in [0, 0.1) is 6.92 Å². The van der Waals surface area contributed by atoms with E-state index < -0.39 is 0 Å². The first-order chi connectivity index (χ1) is 16.1. The lowest BCUT2D eigenvalue weighted by molar-refractivity contribution is 0.130. The van der Waals surface area contributed by atoms with Crippen LogP contribution in [0.3, 0.4) is 0 Å². The molecule has 0 aliphatic heterocycles. The van der Waals surface area contributed by atoms with Gasteiger partial charge in [0.05, 0.1) is 32.0 Å². The van der Waals surface area contributed by atoms with E-state index >= 15 is 0 Å². The molecule has 0 saturated heterocycles. The molecule has 5 rings (SSSR count). The van der Waals surface area contributed by atoms with Gasteiger partial charge in [-0.25, -0.2) is 9.97 Å². The van der Waals surface area contributed by atoms with Crippen molar-refractivity contribution in [1.82, 2.24) is 15.0 Å². The minimum atomic E-state index is 0.250. The lowest BCUT2D eigenvalue weighted by Crippen LogP contribution is -2.15. The maximum Gasteiger partial charge on any atom is 0.143 e. The minimum Gasteiger partial charge on any atom is -0.391 e. The Kier molecular flexibility index (Phi) is 6.40. The highest BCUT2D eigenvalue weighted by Gasteiger charge is 2.21. The largest absolute Gasteiger partial charge is 0.391 e. The third-order valence-electron chi connectivity index (χ3n) is 5.48. The summed E-state index contributed by atoms with van der Waals surface area (Å²) in [6.07, 6.45) is 6.40. The van der Waals surface area contributed by atoms with Crippen molar-refractivity contribution in [2.75, 3.05) is 0 Å². The summed E-state index contributed by atoms with van der Waals surface area (Å²) in [5, 5.41) is 6.37. The molecule has 0 fully saturated rings. The average Bonchev–Trinajstić information content (AvgIpc) is 3.24. The van der Waals surface area contributed by atoms with E-state index in [2.05, 4.69) is 22.3 Å². The van der Waals surface area contributed by atoms with Crippen LogP contribution in [0.5, 0.6) is 0 Å². The van der Waals surface area contributed by atoms with E-state index in [1.807, 2.05) is 37.4 Å². The molecular formula is C25H20Cl2N4OS. The molecule has 4 aromatic rings. The number of halogens is 2. The van der Waals surface area contributed by atoms with E-state index in [9.17, 15) is 0 Å². The Morgan fingerprint density at radius 3 is 2.82 bits per heavy atom. The highest BCUT2D eigenvalue weighted by molar-refractivity contribution is 7.18. The third kappa shape index (κ3) is 4.64. The SMILES string of the molecule is Cc1nc(-c2cccnc2)sc1-c1ccc2c(n1)C(=NOCc1cccc(Cl)c1Cl)CCC2. The number of hydrogen-bond donors (Lipinski definition) is 0. The molecule has 1 aliphatic rings. The summed E-state index contributed by atoms with van der Waals surface area (Å²) in [6, 6.07) is 13.6. The third-order valence-corrected chi connectivity index (χ3v) is 7.56. The predicted octanol–water partition coefficient (Wildman–Crippen LogP) is 7.14. The van der Waals surface area contributed by atoms with Gasteiger partial charge in [-0.05, 0) is 56.0 Å². The number of thiazole rings is 1. The maximum atomic E-state index is 6.26. The molecule has 0 spiro atoms. The van der Waals surface area contributed by atoms with E-state index in [4.69, 9.17) is 38.0 Å². The second-order valence-electron chi connectivity index (χ2n) is 7.76. The van der Waals surface area contributed by atoms with Crippen molar-refractivity contribution in [3.05, 3.63) is 87.4 Å². The van der Waals surface area contributed by atoms with Gasteiger partial charge in [0, 0.05) is 23.5 Å². The highest BCUT2D eigenvalue weighted by atomic mass is 35.5. The Morgan fingerprint density at radius 2 is 1.97 bits per heavy atom.